The number of β-amino-alcohol motifs (C(OH)–C–C–N with tert-alkyl or cyclic N) is 1. The summed E-state index contributed by atoms with van der Waals surface area (Å²) in [5, 5.41) is 10.3. The van der Waals surface area contributed by atoms with Crippen molar-refractivity contribution in [3.8, 4) is 0 Å². The van der Waals surface area contributed by atoms with Gasteiger partial charge in [0, 0.05) is 25.1 Å². The summed E-state index contributed by atoms with van der Waals surface area (Å²) in [6.45, 7) is 5.09. The number of hydrogen-bond donors (Lipinski definition) is 1. The highest BCUT2D eigenvalue weighted by molar-refractivity contribution is 5.12. The van der Waals surface area contributed by atoms with Crippen LogP contribution in [0.1, 0.15) is 54.9 Å². The highest BCUT2D eigenvalue weighted by Gasteiger charge is 2.26. The minimum atomic E-state index is -0.581. The van der Waals surface area contributed by atoms with Crippen molar-refractivity contribution in [3.63, 3.8) is 0 Å². The Morgan fingerprint density at radius 3 is 2.65 bits per heavy atom. The number of nitrogens with zero attached hydrogens (tertiary/aromatic N) is 3. The topological polar surface area (TPSA) is 71.5 Å². The molecule has 6 nitrogen and oxygen atoms in total. The van der Waals surface area contributed by atoms with Crippen LogP contribution >= 0.6 is 0 Å². The molecule has 2 aromatic heterocycles. The third kappa shape index (κ3) is 4.07. The number of hydrogen-bond acceptors (Lipinski definition) is 5. The Bertz CT molecular complexity index is 801. The first-order chi connectivity index (χ1) is 12.6. The van der Waals surface area contributed by atoms with Gasteiger partial charge in [-0.2, -0.15) is 0 Å². The zero-order chi connectivity index (χ0) is 18.1. The van der Waals surface area contributed by atoms with Crippen molar-refractivity contribution in [1.29, 1.82) is 0 Å². The standard InChI is InChI=1S/C20H27N3O3/c1-14-2-5-19(26-14)18(24)12-22-8-6-15(7-9-22)11-23-13-21-17(10-20(23)25)16-3-4-16/h2,5,10,13,15-16,18,24H,3-4,6-9,11-12H2,1H3. The van der Waals surface area contributed by atoms with Gasteiger partial charge in [-0.05, 0) is 63.7 Å². The van der Waals surface area contributed by atoms with E-state index in [2.05, 4.69) is 9.88 Å². The van der Waals surface area contributed by atoms with Crippen LogP contribution in [0, 0.1) is 12.8 Å². The maximum atomic E-state index is 12.3. The van der Waals surface area contributed by atoms with Crippen LogP contribution in [0.15, 0.2) is 33.7 Å². The number of aliphatic hydroxyl groups is 1. The Kier molecular flexibility index (Phi) is 4.96. The second kappa shape index (κ2) is 7.37. The van der Waals surface area contributed by atoms with Crippen molar-refractivity contribution in [2.24, 2.45) is 5.92 Å². The molecule has 6 heteroatoms. The van der Waals surface area contributed by atoms with Crippen LogP contribution in [0.2, 0.25) is 0 Å². The Hall–Kier alpha value is -1.92. The second-order valence-corrected chi connectivity index (χ2v) is 7.79. The van der Waals surface area contributed by atoms with Gasteiger partial charge in [0.25, 0.3) is 5.56 Å². The van der Waals surface area contributed by atoms with E-state index in [1.54, 1.807) is 17.0 Å². The molecule has 140 valence electrons. The van der Waals surface area contributed by atoms with E-state index in [0.29, 0.717) is 24.1 Å². The first kappa shape index (κ1) is 17.5. The fraction of sp³-hybridized carbons (Fsp3) is 0.600. The molecule has 0 spiro atoms. The van der Waals surface area contributed by atoms with Gasteiger partial charge in [0.05, 0.1) is 12.0 Å². The predicted molar refractivity (Wildman–Crippen MR) is 98.0 cm³/mol. The van der Waals surface area contributed by atoms with Crippen molar-refractivity contribution < 1.29 is 9.52 Å². The number of aliphatic hydroxyl groups excluding tert-OH is 1. The van der Waals surface area contributed by atoms with Crippen molar-refractivity contribution in [3.05, 3.63) is 52.1 Å². The fourth-order valence-corrected chi connectivity index (χ4v) is 3.78. The van der Waals surface area contributed by atoms with Gasteiger partial charge in [-0.1, -0.05) is 0 Å². The minimum absolute atomic E-state index is 0.0768. The number of furan rings is 1. The number of piperidine rings is 1. The van der Waals surface area contributed by atoms with E-state index < -0.39 is 6.10 Å². The average molecular weight is 357 g/mol. The average Bonchev–Trinajstić information content (AvgIpc) is 3.39. The molecule has 26 heavy (non-hydrogen) atoms. The van der Waals surface area contributed by atoms with Gasteiger partial charge < -0.3 is 14.4 Å². The van der Waals surface area contributed by atoms with Crippen LogP contribution in [-0.4, -0.2) is 39.2 Å². The van der Waals surface area contributed by atoms with Gasteiger partial charge >= 0.3 is 0 Å². The largest absolute Gasteiger partial charge is 0.464 e. The number of aromatic nitrogens is 2. The normalized spacial score (nSPS) is 20.4. The maximum Gasteiger partial charge on any atom is 0.253 e. The zero-order valence-corrected chi connectivity index (χ0v) is 15.3. The van der Waals surface area contributed by atoms with Crippen molar-refractivity contribution in [2.45, 2.75) is 51.2 Å². The quantitative estimate of drug-likeness (QED) is 0.860. The summed E-state index contributed by atoms with van der Waals surface area (Å²) in [4.78, 5) is 19.0. The smallest absolute Gasteiger partial charge is 0.253 e. The highest BCUT2D eigenvalue weighted by Crippen LogP contribution is 2.38. The lowest BCUT2D eigenvalue weighted by Gasteiger charge is -2.33. The summed E-state index contributed by atoms with van der Waals surface area (Å²) >= 11 is 0. The number of aryl methyl sites for hydroxylation is 1. The van der Waals surface area contributed by atoms with Crippen LogP contribution in [-0.2, 0) is 6.54 Å². The van der Waals surface area contributed by atoms with Crippen LogP contribution < -0.4 is 5.56 Å². The third-order valence-corrected chi connectivity index (χ3v) is 5.58. The molecule has 0 bridgehead atoms. The molecule has 1 saturated heterocycles. The molecule has 0 aromatic carbocycles. The number of likely N-dealkylation sites (tertiary alicyclic amines) is 1. The SMILES string of the molecule is Cc1ccc(C(O)CN2CCC(Cn3cnc(C4CC4)cc3=O)CC2)o1. The first-order valence-electron chi connectivity index (χ1n) is 9.61. The van der Waals surface area contributed by atoms with E-state index in [1.165, 1.54) is 12.8 Å². The lowest BCUT2D eigenvalue weighted by molar-refractivity contribution is 0.0724. The Labute approximate surface area is 153 Å². The van der Waals surface area contributed by atoms with E-state index >= 15 is 0 Å². The van der Waals surface area contributed by atoms with Crippen LogP contribution in [0.3, 0.4) is 0 Å². The molecule has 2 aliphatic rings. The van der Waals surface area contributed by atoms with E-state index in [9.17, 15) is 9.90 Å². The van der Waals surface area contributed by atoms with E-state index in [1.807, 2.05) is 19.1 Å². The van der Waals surface area contributed by atoms with Crippen LogP contribution in [0.25, 0.3) is 0 Å². The molecule has 1 saturated carbocycles. The van der Waals surface area contributed by atoms with Crippen molar-refractivity contribution in [1.82, 2.24) is 14.5 Å². The van der Waals surface area contributed by atoms with Gasteiger partial charge in [-0.15, -0.1) is 0 Å². The Morgan fingerprint density at radius 2 is 2.04 bits per heavy atom. The molecule has 4 rings (SSSR count). The predicted octanol–water partition coefficient (Wildman–Crippen LogP) is 2.47. The molecule has 1 N–H and O–H groups in total. The first-order valence-corrected chi connectivity index (χ1v) is 9.61. The molecule has 2 aromatic rings. The molecule has 1 atom stereocenters. The van der Waals surface area contributed by atoms with Gasteiger partial charge in [0.2, 0.25) is 0 Å². The summed E-state index contributed by atoms with van der Waals surface area (Å²) in [5.41, 5.74) is 1.04. The van der Waals surface area contributed by atoms with Crippen molar-refractivity contribution in [2.75, 3.05) is 19.6 Å². The number of rotatable bonds is 6. The van der Waals surface area contributed by atoms with E-state index in [0.717, 1.165) is 43.9 Å². The minimum Gasteiger partial charge on any atom is -0.464 e. The molecular formula is C20H27N3O3. The summed E-state index contributed by atoms with van der Waals surface area (Å²) < 4.78 is 7.27. The van der Waals surface area contributed by atoms with Gasteiger partial charge in [-0.3, -0.25) is 9.36 Å². The lowest BCUT2D eigenvalue weighted by atomic mass is 9.96. The highest BCUT2D eigenvalue weighted by atomic mass is 16.4. The molecule has 1 unspecified atom stereocenters. The summed E-state index contributed by atoms with van der Waals surface area (Å²) in [7, 11) is 0. The Balaban J connectivity index is 1.27. The van der Waals surface area contributed by atoms with E-state index in [4.69, 9.17) is 4.42 Å². The van der Waals surface area contributed by atoms with Crippen LogP contribution in [0.5, 0.6) is 0 Å². The van der Waals surface area contributed by atoms with Crippen LogP contribution in [0.4, 0.5) is 0 Å². The summed E-state index contributed by atoms with van der Waals surface area (Å²) in [5.74, 6) is 2.47. The Morgan fingerprint density at radius 1 is 1.27 bits per heavy atom. The summed E-state index contributed by atoms with van der Waals surface area (Å²) in [6, 6.07) is 5.44. The van der Waals surface area contributed by atoms with Crippen molar-refractivity contribution >= 4 is 0 Å². The second-order valence-electron chi connectivity index (χ2n) is 7.79. The molecule has 1 aliphatic heterocycles. The molecule has 3 heterocycles. The third-order valence-electron chi connectivity index (χ3n) is 5.58. The lowest BCUT2D eigenvalue weighted by Crippen LogP contribution is -2.38. The van der Waals surface area contributed by atoms with E-state index in [-0.39, 0.29) is 5.56 Å². The monoisotopic (exact) mass is 357 g/mol. The molecular weight excluding hydrogens is 330 g/mol. The molecule has 1 aliphatic carbocycles. The van der Waals surface area contributed by atoms with Gasteiger partial charge in [0.15, 0.2) is 0 Å². The fourth-order valence-electron chi connectivity index (χ4n) is 3.78. The molecule has 0 radical (unpaired) electrons. The summed E-state index contributed by atoms with van der Waals surface area (Å²) in [6.07, 6.45) is 5.53. The van der Waals surface area contributed by atoms with Gasteiger partial charge in [-0.25, -0.2) is 4.98 Å². The zero-order valence-electron chi connectivity index (χ0n) is 15.3. The maximum absolute atomic E-state index is 12.3. The molecule has 2 fully saturated rings. The van der Waals surface area contributed by atoms with Gasteiger partial charge in [0.1, 0.15) is 17.6 Å². The molecule has 0 amide bonds.